The van der Waals surface area contributed by atoms with E-state index < -0.39 is 11.6 Å². The van der Waals surface area contributed by atoms with Crippen LogP contribution in [0.1, 0.15) is 33.4 Å². The molecule has 0 aliphatic carbocycles. The van der Waals surface area contributed by atoms with Crippen LogP contribution >= 0.6 is 0 Å². The minimum atomic E-state index is -1.11. The van der Waals surface area contributed by atoms with Gasteiger partial charge in [-0.1, -0.05) is 12.1 Å². The summed E-state index contributed by atoms with van der Waals surface area (Å²) in [5.74, 6) is 0.955. The summed E-state index contributed by atoms with van der Waals surface area (Å²) in [4.78, 5) is 12.1. The van der Waals surface area contributed by atoms with Crippen LogP contribution in [-0.2, 0) is 27.9 Å². The molecule has 4 aromatic rings. The van der Waals surface area contributed by atoms with E-state index in [1.165, 1.54) is 7.11 Å². The second-order valence-corrected chi connectivity index (χ2v) is 8.77. The zero-order valence-corrected chi connectivity index (χ0v) is 21.6. The smallest absolute Gasteiger partial charge is 0.337 e. The summed E-state index contributed by atoms with van der Waals surface area (Å²) in [6.45, 7) is 8.42. The maximum atomic E-state index is 12.1. The molecule has 0 bridgehead atoms. The molecule has 9 nitrogen and oxygen atoms in total. The SMILES string of the molecule is CCOc1cc(OCC)cc(-c2cc(COC(C)(C)C(=O)OC)nn2-c2cccc3cnn(C)c23)c1. The summed E-state index contributed by atoms with van der Waals surface area (Å²) in [6, 6.07) is 13.7. The lowest BCUT2D eigenvalue weighted by atomic mass is 10.1. The lowest BCUT2D eigenvalue weighted by molar-refractivity contribution is -0.166. The first-order valence-corrected chi connectivity index (χ1v) is 11.9. The number of hydrogen-bond acceptors (Lipinski definition) is 7. The standard InChI is InChI=1S/C27H32N4O5/c1-7-34-21-12-19(13-22(15-21)35-8-2)24-14-20(17-36-27(3,4)26(32)33-6)29-31(24)23-11-9-10-18-16-28-30(5)25(18)23/h9-16H,7-8,17H2,1-6H3. The molecule has 0 fully saturated rings. The number of nitrogens with zero attached hydrogens (tertiary/aromatic N) is 4. The van der Waals surface area contributed by atoms with Gasteiger partial charge >= 0.3 is 5.97 Å². The second kappa shape index (κ2) is 10.4. The summed E-state index contributed by atoms with van der Waals surface area (Å²) in [5.41, 5.74) is 3.03. The van der Waals surface area contributed by atoms with Crippen molar-refractivity contribution in [3.8, 4) is 28.4 Å². The van der Waals surface area contributed by atoms with E-state index in [0.29, 0.717) is 30.4 Å². The molecule has 0 saturated carbocycles. The Bertz CT molecular complexity index is 1350. The van der Waals surface area contributed by atoms with Crippen molar-refractivity contribution in [3.05, 3.63) is 54.4 Å². The van der Waals surface area contributed by atoms with Gasteiger partial charge in [0.25, 0.3) is 0 Å². The molecule has 0 aliphatic rings. The Hall–Kier alpha value is -3.85. The Balaban J connectivity index is 1.86. The number of aryl methyl sites for hydroxylation is 1. The van der Waals surface area contributed by atoms with E-state index >= 15 is 0 Å². The number of carbonyl (C=O) groups is 1. The van der Waals surface area contributed by atoms with E-state index in [2.05, 4.69) is 5.10 Å². The Morgan fingerprint density at radius 1 is 1.03 bits per heavy atom. The fraction of sp³-hybridized carbons (Fsp3) is 0.370. The summed E-state index contributed by atoms with van der Waals surface area (Å²) in [6.07, 6.45) is 1.83. The van der Waals surface area contributed by atoms with E-state index in [-0.39, 0.29) is 6.61 Å². The normalized spacial score (nSPS) is 11.6. The highest BCUT2D eigenvalue weighted by atomic mass is 16.6. The minimum absolute atomic E-state index is 0.118. The van der Waals surface area contributed by atoms with Crippen molar-refractivity contribution >= 4 is 16.9 Å². The molecular formula is C27H32N4O5. The van der Waals surface area contributed by atoms with Crippen LogP contribution in [0.3, 0.4) is 0 Å². The fourth-order valence-corrected chi connectivity index (χ4v) is 4.05. The molecule has 4 rings (SSSR count). The molecular weight excluding hydrogens is 460 g/mol. The van der Waals surface area contributed by atoms with Gasteiger partial charge in [-0.15, -0.1) is 0 Å². The number of esters is 1. The van der Waals surface area contributed by atoms with Gasteiger partial charge < -0.3 is 18.9 Å². The number of ether oxygens (including phenoxy) is 4. The van der Waals surface area contributed by atoms with Crippen molar-refractivity contribution in [2.45, 2.75) is 39.9 Å². The van der Waals surface area contributed by atoms with Crippen LogP contribution in [0.2, 0.25) is 0 Å². The van der Waals surface area contributed by atoms with Crippen molar-refractivity contribution in [2.75, 3.05) is 20.3 Å². The number of methoxy groups -OCH3 is 1. The first kappa shape index (κ1) is 25.2. The summed E-state index contributed by atoms with van der Waals surface area (Å²) >= 11 is 0. The third-order valence-corrected chi connectivity index (χ3v) is 5.78. The van der Waals surface area contributed by atoms with Crippen LogP contribution in [0.15, 0.2) is 48.7 Å². The Kier molecular flexibility index (Phi) is 7.30. The van der Waals surface area contributed by atoms with Crippen LogP contribution in [-0.4, -0.2) is 51.5 Å². The Morgan fingerprint density at radius 2 is 1.72 bits per heavy atom. The molecule has 2 heterocycles. The van der Waals surface area contributed by atoms with E-state index in [1.807, 2.05) is 78.9 Å². The maximum absolute atomic E-state index is 12.1. The molecule has 0 aliphatic heterocycles. The number of benzene rings is 2. The monoisotopic (exact) mass is 492 g/mol. The maximum Gasteiger partial charge on any atom is 0.337 e. The first-order valence-electron chi connectivity index (χ1n) is 11.9. The van der Waals surface area contributed by atoms with E-state index in [4.69, 9.17) is 24.0 Å². The summed E-state index contributed by atoms with van der Waals surface area (Å²) in [7, 11) is 3.25. The second-order valence-electron chi connectivity index (χ2n) is 8.77. The van der Waals surface area contributed by atoms with Gasteiger partial charge in [0.1, 0.15) is 11.5 Å². The molecule has 0 radical (unpaired) electrons. The third-order valence-electron chi connectivity index (χ3n) is 5.78. The van der Waals surface area contributed by atoms with Gasteiger partial charge in [0.05, 0.1) is 55.7 Å². The minimum Gasteiger partial charge on any atom is -0.494 e. The van der Waals surface area contributed by atoms with Crippen LogP contribution in [0.5, 0.6) is 11.5 Å². The molecule has 0 atom stereocenters. The summed E-state index contributed by atoms with van der Waals surface area (Å²) < 4.78 is 26.1. The van der Waals surface area contributed by atoms with Crippen molar-refractivity contribution < 1.29 is 23.7 Å². The molecule has 0 amide bonds. The number of fused-ring (bicyclic) bond motifs is 1. The van der Waals surface area contributed by atoms with Crippen molar-refractivity contribution in [3.63, 3.8) is 0 Å². The highest BCUT2D eigenvalue weighted by molar-refractivity contribution is 5.87. The van der Waals surface area contributed by atoms with Crippen molar-refractivity contribution in [1.82, 2.24) is 19.6 Å². The lowest BCUT2D eigenvalue weighted by Gasteiger charge is -2.21. The molecule has 0 spiro atoms. The Labute approximate surface area is 210 Å². The van der Waals surface area contributed by atoms with Crippen LogP contribution in [0.25, 0.3) is 27.8 Å². The average molecular weight is 493 g/mol. The van der Waals surface area contributed by atoms with E-state index in [1.54, 1.807) is 13.8 Å². The number of rotatable bonds is 10. The van der Waals surface area contributed by atoms with Crippen LogP contribution < -0.4 is 9.47 Å². The highest BCUT2D eigenvalue weighted by Gasteiger charge is 2.30. The molecule has 0 N–H and O–H groups in total. The molecule has 9 heteroatoms. The average Bonchev–Trinajstić information content (AvgIpc) is 3.46. The van der Waals surface area contributed by atoms with Gasteiger partial charge in [-0.05, 0) is 52.0 Å². The molecule has 2 aromatic carbocycles. The molecule has 0 saturated heterocycles. The first-order chi connectivity index (χ1) is 17.3. The largest absolute Gasteiger partial charge is 0.494 e. The zero-order chi connectivity index (χ0) is 25.9. The van der Waals surface area contributed by atoms with Crippen molar-refractivity contribution in [1.29, 1.82) is 0 Å². The Morgan fingerprint density at radius 3 is 2.36 bits per heavy atom. The topological polar surface area (TPSA) is 89.6 Å². The fourth-order valence-electron chi connectivity index (χ4n) is 4.05. The van der Waals surface area contributed by atoms with Gasteiger partial charge in [0.15, 0.2) is 5.60 Å². The number of hydrogen-bond donors (Lipinski definition) is 0. The molecule has 36 heavy (non-hydrogen) atoms. The summed E-state index contributed by atoms with van der Waals surface area (Å²) in [5, 5.41) is 10.3. The predicted molar refractivity (Wildman–Crippen MR) is 136 cm³/mol. The predicted octanol–water partition coefficient (Wildman–Crippen LogP) is 4.69. The quantitative estimate of drug-likeness (QED) is 0.297. The lowest BCUT2D eigenvalue weighted by Crippen LogP contribution is -2.35. The van der Waals surface area contributed by atoms with Crippen molar-refractivity contribution in [2.24, 2.45) is 7.05 Å². The molecule has 190 valence electrons. The van der Waals surface area contributed by atoms with Gasteiger partial charge in [0.2, 0.25) is 0 Å². The van der Waals surface area contributed by atoms with E-state index in [9.17, 15) is 4.79 Å². The van der Waals surface area contributed by atoms with Gasteiger partial charge in [-0.3, -0.25) is 4.68 Å². The molecule has 2 aromatic heterocycles. The molecule has 0 unspecified atom stereocenters. The number of para-hydroxylation sites is 1. The zero-order valence-electron chi connectivity index (χ0n) is 21.6. The number of carbonyl (C=O) groups excluding carboxylic acids is 1. The van der Waals surface area contributed by atoms with Crippen LogP contribution in [0.4, 0.5) is 0 Å². The van der Waals surface area contributed by atoms with Gasteiger partial charge in [0, 0.05) is 24.1 Å². The third kappa shape index (κ3) is 5.06. The van der Waals surface area contributed by atoms with Gasteiger partial charge in [-0.2, -0.15) is 10.2 Å². The van der Waals surface area contributed by atoms with E-state index in [0.717, 1.165) is 27.8 Å². The highest BCUT2D eigenvalue weighted by Crippen LogP contribution is 2.34. The number of aromatic nitrogens is 4. The van der Waals surface area contributed by atoms with Gasteiger partial charge in [-0.25, -0.2) is 9.48 Å². The van der Waals surface area contributed by atoms with Crippen LogP contribution in [0, 0.1) is 0 Å².